The third kappa shape index (κ3) is 3.19. The molecule has 0 saturated carbocycles. The highest BCUT2D eigenvalue weighted by atomic mass is 32.1. The normalized spacial score (nSPS) is 12.1. The van der Waals surface area contributed by atoms with Crippen LogP contribution in [0.4, 0.5) is 5.69 Å². The van der Waals surface area contributed by atoms with Crippen molar-refractivity contribution in [2.75, 3.05) is 0 Å². The van der Waals surface area contributed by atoms with Crippen molar-refractivity contribution in [1.82, 2.24) is 4.98 Å². The van der Waals surface area contributed by atoms with Crippen LogP contribution in [0, 0.1) is 0 Å². The first kappa shape index (κ1) is 13.3. The molecule has 2 aromatic rings. The topological polar surface area (TPSA) is 116 Å². The van der Waals surface area contributed by atoms with Crippen LogP contribution < -0.4 is 17.2 Å². The lowest BCUT2D eigenvalue weighted by Gasteiger charge is -1.95. The van der Waals surface area contributed by atoms with E-state index >= 15 is 0 Å². The highest BCUT2D eigenvalue weighted by Crippen LogP contribution is 2.30. The number of thiazole rings is 1. The first-order chi connectivity index (χ1) is 8.95. The number of nitrogens with two attached hydrogens (primary N) is 3. The summed E-state index contributed by atoms with van der Waals surface area (Å²) in [4.78, 5) is 12.4. The minimum absolute atomic E-state index is 0.0351. The van der Waals surface area contributed by atoms with E-state index in [1.165, 1.54) is 0 Å². The van der Waals surface area contributed by atoms with Gasteiger partial charge in [-0.15, -0.1) is 11.3 Å². The molecule has 1 heterocycles. The Labute approximate surface area is 115 Å². The molecule has 0 radical (unpaired) electrons. The summed E-state index contributed by atoms with van der Waals surface area (Å²) in [6.07, 6.45) is 0. The van der Waals surface area contributed by atoms with Crippen LogP contribution in [0.25, 0.3) is 10.2 Å². The number of hydrogen-bond acceptors (Lipinski definition) is 3. The highest BCUT2D eigenvalue weighted by molar-refractivity contribution is 7.18. The van der Waals surface area contributed by atoms with Gasteiger partial charge in [-0.25, -0.2) is 9.98 Å². The fraction of sp³-hybridized carbons (Fsp3) is 0.250. The number of aliphatic imine (C=N–C) groups is 2. The quantitative estimate of drug-likeness (QED) is 0.571. The van der Waals surface area contributed by atoms with E-state index in [2.05, 4.69) is 28.8 Å². The SMILES string of the molecule is CC(C)c1nc2ccc(N=C(N)N=C(N)N)cc2s1. The first-order valence-electron chi connectivity index (χ1n) is 5.80. The van der Waals surface area contributed by atoms with Crippen LogP contribution in [0.2, 0.25) is 0 Å². The summed E-state index contributed by atoms with van der Waals surface area (Å²) in [6, 6.07) is 5.68. The van der Waals surface area contributed by atoms with Crippen molar-refractivity contribution in [2.45, 2.75) is 19.8 Å². The van der Waals surface area contributed by atoms with Gasteiger partial charge in [-0.05, 0) is 18.2 Å². The Hall–Kier alpha value is -2.15. The van der Waals surface area contributed by atoms with Gasteiger partial charge < -0.3 is 17.2 Å². The predicted octanol–water partition coefficient (Wildman–Crippen LogP) is 1.64. The van der Waals surface area contributed by atoms with Crippen molar-refractivity contribution in [3.05, 3.63) is 23.2 Å². The second-order valence-corrected chi connectivity index (χ2v) is 5.43. The van der Waals surface area contributed by atoms with Gasteiger partial charge in [0.2, 0.25) is 5.96 Å². The average molecular weight is 276 g/mol. The molecule has 0 aliphatic heterocycles. The molecule has 0 fully saturated rings. The lowest BCUT2D eigenvalue weighted by atomic mass is 10.2. The van der Waals surface area contributed by atoms with E-state index in [1.807, 2.05) is 18.2 Å². The van der Waals surface area contributed by atoms with Gasteiger partial charge in [-0.1, -0.05) is 13.8 Å². The molecule has 1 aromatic carbocycles. The maximum atomic E-state index is 5.59. The number of guanidine groups is 2. The monoisotopic (exact) mass is 276 g/mol. The van der Waals surface area contributed by atoms with Gasteiger partial charge in [0, 0.05) is 5.92 Å². The van der Waals surface area contributed by atoms with Crippen molar-refractivity contribution in [1.29, 1.82) is 0 Å². The van der Waals surface area contributed by atoms with Gasteiger partial charge in [0.1, 0.15) is 0 Å². The second kappa shape index (κ2) is 5.23. The zero-order valence-corrected chi connectivity index (χ0v) is 11.6. The molecule has 0 aliphatic rings. The number of rotatable bonds is 2. The summed E-state index contributed by atoms with van der Waals surface area (Å²) in [6.45, 7) is 4.24. The Morgan fingerprint density at radius 1 is 1.26 bits per heavy atom. The standard InChI is InChI=1S/C12H16N6S/c1-6(2)10-17-8-4-3-7(5-9(8)19-10)16-12(15)18-11(13)14/h3-6H,1-2H3,(H6,13,14,15,16,18). The van der Waals surface area contributed by atoms with Crippen LogP contribution in [0.1, 0.15) is 24.8 Å². The molecule has 19 heavy (non-hydrogen) atoms. The molecule has 0 spiro atoms. The van der Waals surface area contributed by atoms with Crippen molar-refractivity contribution < 1.29 is 0 Å². The summed E-state index contributed by atoms with van der Waals surface area (Å²) >= 11 is 1.65. The Bertz CT molecular complexity index is 651. The van der Waals surface area contributed by atoms with Crippen molar-refractivity contribution in [2.24, 2.45) is 27.2 Å². The molecule has 1 aromatic heterocycles. The Balaban J connectivity index is 2.39. The molecule has 0 amide bonds. The van der Waals surface area contributed by atoms with E-state index in [0.29, 0.717) is 11.6 Å². The summed E-state index contributed by atoms with van der Waals surface area (Å²) in [5, 5.41) is 1.10. The van der Waals surface area contributed by atoms with Gasteiger partial charge in [-0.3, -0.25) is 0 Å². The molecular weight excluding hydrogens is 260 g/mol. The number of benzene rings is 1. The molecule has 0 bridgehead atoms. The lowest BCUT2D eigenvalue weighted by molar-refractivity contribution is 0.857. The van der Waals surface area contributed by atoms with Crippen LogP contribution in [0.15, 0.2) is 28.2 Å². The fourth-order valence-corrected chi connectivity index (χ4v) is 2.54. The molecule has 7 heteroatoms. The Kier molecular flexibility index (Phi) is 3.66. The number of fused-ring (bicyclic) bond motifs is 1. The smallest absolute Gasteiger partial charge is 0.223 e. The van der Waals surface area contributed by atoms with Gasteiger partial charge in [0.15, 0.2) is 5.96 Å². The summed E-state index contributed by atoms with van der Waals surface area (Å²) < 4.78 is 1.07. The van der Waals surface area contributed by atoms with Gasteiger partial charge in [-0.2, -0.15) is 4.99 Å². The first-order valence-corrected chi connectivity index (χ1v) is 6.61. The zero-order chi connectivity index (χ0) is 14.0. The number of aromatic nitrogens is 1. The minimum Gasteiger partial charge on any atom is -0.370 e. The molecule has 6 N–H and O–H groups in total. The molecule has 100 valence electrons. The molecule has 6 nitrogen and oxygen atoms in total. The molecule has 0 unspecified atom stereocenters. The third-order valence-corrected chi connectivity index (χ3v) is 3.69. The van der Waals surface area contributed by atoms with Crippen molar-refractivity contribution in [3.8, 4) is 0 Å². The molecular formula is C12H16N6S. The third-order valence-electron chi connectivity index (χ3n) is 2.37. The van der Waals surface area contributed by atoms with E-state index in [1.54, 1.807) is 11.3 Å². The van der Waals surface area contributed by atoms with Crippen LogP contribution >= 0.6 is 11.3 Å². The minimum atomic E-state index is -0.109. The number of hydrogen-bond donors (Lipinski definition) is 3. The van der Waals surface area contributed by atoms with Gasteiger partial charge in [0.25, 0.3) is 0 Å². The lowest BCUT2D eigenvalue weighted by Crippen LogP contribution is -2.26. The number of nitrogens with zero attached hydrogens (tertiary/aromatic N) is 3. The molecule has 0 atom stereocenters. The van der Waals surface area contributed by atoms with E-state index < -0.39 is 0 Å². The van der Waals surface area contributed by atoms with Crippen LogP contribution in [0.3, 0.4) is 0 Å². The highest BCUT2D eigenvalue weighted by Gasteiger charge is 2.07. The van der Waals surface area contributed by atoms with Gasteiger partial charge in [0.05, 0.1) is 20.9 Å². The Morgan fingerprint density at radius 3 is 2.63 bits per heavy atom. The maximum Gasteiger partial charge on any atom is 0.223 e. The summed E-state index contributed by atoms with van der Waals surface area (Å²) in [7, 11) is 0. The predicted molar refractivity (Wildman–Crippen MR) is 80.8 cm³/mol. The van der Waals surface area contributed by atoms with Crippen molar-refractivity contribution in [3.63, 3.8) is 0 Å². The average Bonchev–Trinajstić information content (AvgIpc) is 2.70. The Morgan fingerprint density at radius 2 is 2.00 bits per heavy atom. The molecule has 0 saturated heterocycles. The van der Waals surface area contributed by atoms with E-state index in [4.69, 9.17) is 17.2 Å². The summed E-state index contributed by atoms with van der Waals surface area (Å²) in [5.41, 5.74) is 17.7. The van der Waals surface area contributed by atoms with Crippen molar-refractivity contribution >= 4 is 39.2 Å². The molecule has 2 rings (SSSR count). The maximum absolute atomic E-state index is 5.59. The van der Waals surface area contributed by atoms with E-state index in [-0.39, 0.29) is 11.9 Å². The van der Waals surface area contributed by atoms with Crippen LogP contribution in [-0.4, -0.2) is 16.9 Å². The van der Waals surface area contributed by atoms with E-state index in [9.17, 15) is 0 Å². The fourth-order valence-electron chi connectivity index (χ4n) is 1.54. The summed E-state index contributed by atoms with van der Waals surface area (Å²) in [5.74, 6) is 0.339. The van der Waals surface area contributed by atoms with Crippen LogP contribution in [-0.2, 0) is 0 Å². The largest absolute Gasteiger partial charge is 0.370 e. The zero-order valence-electron chi connectivity index (χ0n) is 10.8. The molecule has 0 aliphatic carbocycles. The van der Waals surface area contributed by atoms with Crippen LogP contribution in [0.5, 0.6) is 0 Å². The van der Waals surface area contributed by atoms with Gasteiger partial charge >= 0.3 is 0 Å². The van der Waals surface area contributed by atoms with E-state index in [0.717, 1.165) is 15.2 Å². The second-order valence-electron chi connectivity index (χ2n) is 4.37.